The fourth-order valence-corrected chi connectivity index (χ4v) is 5.20. The number of likely N-dealkylation sites (tertiary alicyclic amines) is 3. The third-order valence-electron chi connectivity index (χ3n) is 6.75. The molecule has 160 valence electrons. The topological polar surface area (TPSA) is 85.4 Å². The summed E-state index contributed by atoms with van der Waals surface area (Å²) in [5, 5.41) is 12.2. The average molecular weight is 397 g/mol. The van der Waals surface area contributed by atoms with Gasteiger partial charge in [0.15, 0.2) is 0 Å². The Morgan fingerprint density at radius 2 is 1.75 bits per heavy atom. The van der Waals surface area contributed by atoms with Gasteiger partial charge in [0.25, 0.3) is 0 Å². The number of rotatable bonds is 5. The summed E-state index contributed by atoms with van der Waals surface area (Å²) in [6.07, 6.45) is 6.66. The first-order valence-electron chi connectivity index (χ1n) is 10.9. The SMILES string of the molecule is COCCNC(=O)N1CCCC1C1CCN(C2CCCN(C(=O)O)CC2)CC1. The summed E-state index contributed by atoms with van der Waals surface area (Å²) in [4.78, 5) is 29.9. The number of ether oxygens (including phenoxy) is 1. The molecule has 3 rings (SSSR count). The average Bonchev–Trinajstić information content (AvgIpc) is 3.05. The molecular formula is C20H36N4O4. The molecule has 0 radical (unpaired) electrons. The first-order valence-corrected chi connectivity index (χ1v) is 10.9. The largest absolute Gasteiger partial charge is 0.465 e. The number of urea groups is 1. The molecule has 3 saturated heterocycles. The molecule has 0 aromatic rings. The van der Waals surface area contributed by atoms with Gasteiger partial charge in [-0.1, -0.05) is 0 Å². The molecule has 2 atom stereocenters. The second-order valence-electron chi connectivity index (χ2n) is 8.36. The summed E-state index contributed by atoms with van der Waals surface area (Å²) >= 11 is 0. The van der Waals surface area contributed by atoms with E-state index in [0.29, 0.717) is 44.2 Å². The Bertz CT molecular complexity index is 524. The van der Waals surface area contributed by atoms with Crippen molar-refractivity contribution in [1.82, 2.24) is 20.0 Å². The number of methoxy groups -OCH3 is 1. The minimum absolute atomic E-state index is 0.0551. The Kier molecular flexibility index (Phi) is 7.79. The highest BCUT2D eigenvalue weighted by molar-refractivity contribution is 5.74. The van der Waals surface area contributed by atoms with Crippen molar-refractivity contribution in [2.75, 3.05) is 53.0 Å². The van der Waals surface area contributed by atoms with Crippen LogP contribution in [-0.2, 0) is 4.74 Å². The molecule has 2 N–H and O–H groups in total. The molecule has 0 aromatic carbocycles. The fraction of sp³-hybridized carbons (Fsp3) is 0.900. The molecule has 0 aromatic heterocycles. The third-order valence-corrected chi connectivity index (χ3v) is 6.75. The molecular weight excluding hydrogens is 360 g/mol. The predicted molar refractivity (Wildman–Crippen MR) is 107 cm³/mol. The van der Waals surface area contributed by atoms with Gasteiger partial charge in [-0.2, -0.15) is 0 Å². The van der Waals surface area contributed by atoms with Gasteiger partial charge in [-0.25, -0.2) is 9.59 Å². The van der Waals surface area contributed by atoms with E-state index in [1.165, 1.54) is 0 Å². The van der Waals surface area contributed by atoms with Crippen LogP contribution in [0.25, 0.3) is 0 Å². The van der Waals surface area contributed by atoms with Crippen LogP contribution < -0.4 is 5.32 Å². The summed E-state index contributed by atoms with van der Waals surface area (Å²) < 4.78 is 5.02. The summed E-state index contributed by atoms with van der Waals surface area (Å²) in [7, 11) is 1.64. The number of nitrogens with zero attached hydrogens (tertiary/aromatic N) is 3. The normalized spacial score (nSPS) is 27.6. The highest BCUT2D eigenvalue weighted by Gasteiger charge is 2.37. The number of nitrogens with one attached hydrogen (secondary N) is 1. The second-order valence-corrected chi connectivity index (χ2v) is 8.36. The Hall–Kier alpha value is -1.54. The zero-order chi connectivity index (χ0) is 19.9. The van der Waals surface area contributed by atoms with Crippen LogP contribution >= 0.6 is 0 Å². The summed E-state index contributed by atoms with van der Waals surface area (Å²) in [5.41, 5.74) is 0. The Balaban J connectivity index is 1.46. The van der Waals surface area contributed by atoms with E-state index in [9.17, 15) is 14.7 Å². The van der Waals surface area contributed by atoms with E-state index in [1.54, 1.807) is 12.0 Å². The highest BCUT2D eigenvalue weighted by atomic mass is 16.5. The summed E-state index contributed by atoms with van der Waals surface area (Å²) in [6.45, 7) is 5.41. The van der Waals surface area contributed by atoms with Crippen molar-refractivity contribution in [3.8, 4) is 0 Å². The number of hydrogen-bond acceptors (Lipinski definition) is 4. The maximum absolute atomic E-state index is 12.5. The van der Waals surface area contributed by atoms with Gasteiger partial charge < -0.3 is 29.9 Å². The fourth-order valence-electron chi connectivity index (χ4n) is 5.20. The van der Waals surface area contributed by atoms with Crippen LogP contribution in [0.4, 0.5) is 9.59 Å². The second kappa shape index (κ2) is 10.3. The molecule has 0 bridgehead atoms. The monoisotopic (exact) mass is 396 g/mol. The van der Waals surface area contributed by atoms with Crippen molar-refractivity contribution in [3.63, 3.8) is 0 Å². The van der Waals surface area contributed by atoms with Crippen molar-refractivity contribution in [1.29, 1.82) is 0 Å². The van der Waals surface area contributed by atoms with E-state index in [2.05, 4.69) is 10.2 Å². The predicted octanol–water partition coefficient (Wildman–Crippen LogP) is 2.05. The molecule has 2 unspecified atom stereocenters. The van der Waals surface area contributed by atoms with Crippen molar-refractivity contribution in [2.45, 2.75) is 57.0 Å². The zero-order valence-electron chi connectivity index (χ0n) is 17.1. The molecule has 3 heterocycles. The van der Waals surface area contributed by atoms with Crippen LogP contribution in [0.15, 0.2) is 0 Å². The van der Waals surface area contributed by atoms with Crippen LogP contribution in [0.3, 0.4) is 0 Å². The minimum Gasteiger partial charge on any atom is -0.465 e. The van der Waals surface area contributed by atoms with E-state index in [0.717, 1.165) is 64.6 Å². The Morgan fingerprint density at radius 3 is 2.46 bits per heavy atom. The van der Waals surface area contributed by atoms with Crippen LogP contribution in [0.2, 0.25) is 0 Å². The Labute approximate surface area is 168 Å². The molecule has 8 heteroatoms. The van der Waals surface area contributed by atoms with Gasteiger partial charge in [-0.3, -0.25) is 0 Å². The first kappa shape index (κ1) is 21.2. The standard InChI is InChI=1S/C20H36N4O4/c1-28-15-9-21-19(25)24-11-3-5-18(24)16-6-12-22(13-7-16)17-4-2-10-23(14-8-17)20(26)27/h16-18H,2-15H2,1H3,(H,21,25)(H,26,27). The van der Waals surface area contributed by atoms with Crippen LogP contribution in [0.1, 0.15) is 44.9 Å². The molecule has 0 aliphatic carbocycles. The van der Waals surface area contributed by atoms with Crippen molar-refractivity contribution < 1.29 is 19.4 Å². The van der Waals surface area contributed by atoms with E-state index >= 15 is 0 Å². The molecule has 0 spiro atoms. The Morgan fingerprint density at radius 1 is 1.00 bits per heavy atom. The molecule has 8 nitrogen and oxygen atoms in total. The van der Waals surface area contributed by atoms with Crippen LogP contribution in [0, 0.1) is 5.92 Å². The zero-order valence-corrected chi connectivity index (χ0v) is 17.1. The van der Waals surface area contributed by atoms with Gasteiger partial charge in [-0.05, 0) is 64.0 Å². The molecule has 28 heavy (non-hydrogen) atoms. The molecule has 3 aliphatic heterocycles. The van der Waals surface area contributed by atoms with Gasteiger partial charge in [0.05, 0.1) is 6.61 Å². The quantitative estimate of drug-likeness (QED) is 0.695. The third kappa shape index (κ3) is 5.29. The van der Waals surface area contributed by atoms with E-state index in [4.69, 9.17) is 4.74 Å². The number of piperidine rings is 1. The number of hydrogen-bond donors (Lipinski definition) is 2. The van der Waals surface area contributed by atoms with Gasteiger partial charge in [0.1, 0.15) is 0 Å². The molecule has 3 aliphatic rings. The van der Waals surface area contributed by atoms with Gasteiger partial charge in [-0.15, -0.1) is 0 Å². The van der Waals surface area contributed by atoms with Crippen molar-refractivity contribution >= 4 is 12.1 Å². The maximum atomic E-state index is 12.5. The number of carbonyl (C=O) groups excluding carboxylic acids is 1. The smallest absolute Gasteiger partial charge is 0.407 e. The molecule has 3 amide bonds. The van der Waals surface area contributed by atoms with Crippen LogP contribution in [-0.4, -0.2) is 97.0 Å². The summed E-state index contributed by atoms with van der Waals surface area (Å²) in [6, 6.07) is 0.920. The first-order chi connectivity index (χ1) is 13.6. The van der Waals surface area contributed by atoms with E-state index in [-0.39, 0.29) is 6.03 Å². The lowest BCUT2D eigenvalue weighted by Gasteiger charge is -2.41. The van der Waals surface area contributed by atoms with E-state index in [1.807, 2.05) is 4.90 Å². The number of amides is 3. The minimum atomic E-state index is -0.788. The van der Waals surface area contributed by atoms with Crippen molar-refractivity contribution in [3.05, 3.63) is 0 Å². The lowest BCUT2D eigenvalue weighted by molar-refractivity contribution is 0.0873. The lowest BCUT2D eigenvalue weighted by Crippen LogP contribution is -2.50. The van der Waals surface area contributed by atoms with Gasteiger partial charge >= 0.3 is 12.1 Å². The molecule has 0 saturated carbocycles. The number of carbonyl (C=O) groups is 2. The van der Waals surface area contributed by atoms with Gasteiger partial charge in [0.2, 0.25) is 0 Å². The van der Waals surface area contributed by atoms with Crippen molar-refractivity contribution in [2.24, 2.45) is 5.92 Å². The van der Waals surface area contributed by atoms with Gasteiger partial charge in [0, 0.05) is 45.4 Å². The highest BCUT2D eigenvalue weighted by Crippen LogP contribution is 2.32. The maximum Gasteiger partial charge on any atom is 0.407 e. The summed E-state index contributed by atoms with van der Waals surface area (Å²) in [5.74, 6) is 0.577. The number of carboxylic acid groups (broad SMARTS) is 1. The molecule has 3 fully saturated rings. The van der Waals surface area contributed by atoms with Crippen LogP contribution in [0.5, 0.6) is 0 Å². The van der Waals surface area contributed by atoms with E-state index < -0.39 is 6.09 Å². The lowest BCUT2D eigenvalue weighted by atomic mass is 9.87.